The van der Waals surface area contributed by atoms with Gasteiger partial charge < -0.3 is 9.64 Å². The summed E-state index contributed by atoms with van der Waals surface area (Å²) in [5, 5.41) is 2.01. The van der Waals surface area contributed by atoms with Crippen LogP contribution in [0.2, 0.25) is 0 Å². The van der Waals surface area contributed by atoms with Crippen molar-refractivity contribution in [1.82, 2.24) is 4.57 Å². The molecule has 24 heavy (non-hydrogen) atoms. The van der Waals surface area contributed by atoms with Crippen molar-refractivity contribution in [3.8, 4) is 5.75 Å². The summed E-state index contributed by atoms with van der Waals surface area (Å²) in [5.41, 5.74) is 1.04. The Labute approximate surface area is 146 Å². The average Bonchev–Trinajstić information content (AvgIpc) is 3.24. The zero-order valence-electron chi connectivity index (χ0n) is 13.0. The molecule has 0 amide bonds. The van der Waals surface area contributed by atoms with Crippen LogP contribution in [0.3, 0.4) is 0 Å². The lowest BCUT2D eigenvalue weighted by Gasteiger charge is -2.25. The van der Waals surface area contributed by atoms with E-state index in [-0.39, 0.29) is 5.56 Å². The molecule has 2 aromatic heterocycles. The van der Waals surface area contributed by atoms with Crippen molar-refractivity contribution in [3.63, 3.8) is 0 Å². The molecule has 4 rings (SSSR count). The molecule has 1 aliphatic rings. The molecule has 0 spiro atoms. The van der Waals surface area contributed by atoms with Gasteiger partial charge in [-0.3, -0.25) is 9.36 Å². The number of fused-ring (bicyclic) bond motifs is 1. The minimum Gasteiger partial charge on any atom is -0.497 e. The molecule has 122 valence electrons. The molecular formula is C17H15N3O2S2. The predicted molar refractivity (Wildman–Crippen MR) is 97.6 cm³/mol. The predicted octanol–water partition coefficient (Wildman–Crippen LogP) is 1.86. The first-order valence-corrected chi connectivity index (χ1v) is 9.12. The van der Waals surface area contributed by atoms with Crippen molar-refractivity contribution in [3.05, 3.63) is 66.3 Å². The fourth-order valence-electron chi connectivity index (χ4n) is 2.57. The van der Waals surface area contributed by atoms with Crippen molar-refractivity contribution >= 4 is 34.4 Å². The summed E-state index contributed by atoms with van der Waals surface area (Å²) in [5.74, 6) is 0.814. The van der Waals surface area contributed by atoms with E-state index in [0.29, 0.717) is 13.3 Å². The lowest BCUT2D eigenvalue weighted by Crippen LogP contribution is -2.42. The third-order valence-corrected chi connectivity index (χ3v) is 5.69. The van der Waals surface area contributed by atoms with Crippen LogP contribution in [-0.4, -0.2) is 18.3 Å². The molecule has 0 saturated carbocycles. The van der Waals surface area contributed by atoms with Gasteiger partial charge in [-0.2, -0.15) is 0 Å². The Balaban J connectivity index is 1.68. The van der Waals surface area contributed by atoms with Gasteiger partial charge in [-0.25, -0.2) is 4.99 Å². The second-order valence-electron chi connectivity index (χ2n) is 5.32. The molecule has 5 nitrogen and oxygen atoms in total. The van der Waals surface area contributed by atoms with Crippen LogP contribution in [0.15, 0.2) is 51.6 Å². The van der Waals surface area contributed by atoms with Gasteiger partial charge in [0.25, 0.3) is 5.56 Å². The Bertz CT molecular complexity index is 1020. The maximum absolute atomic E-state index is 12.7. The monoisotopic (exact) mass is 357 g/mol. The smallest absolute Gasteiger partial charge is 0.271 e. The molecule has 0 bridgehead atoms. The quantitative estimate of drug-likeness (QED) is 0.719. The maximum Gasteiger partial charge on any atom is 0.271 e. The third-order valence-electron chi connectivity index (χ3n) is 3.83. The highest BCUT2D eigenvalue weighted by molar-refractivity contribution is 7.11. The Hall–Kier alpha value is -2.38. The second-order valence-corrected chi connectivity index (χ2v) is 7.31. The van der Waals surface area contributed by atoms with Crippen LogP contribution in [0.25, 0.3) is 6.08 Å². The largest absolute Gasteiger partial charge is 0.497 e. The van der Waals surface area contributed by atoms with Crippen LogP contribution in [0.1, 0.15) is 4.88 Å². The summed E-state index contributed by atoms with van der Waals surface area (Å²) in [6.07, 6.45) is 1.94. The standard InChI is InChI=1S/C17H15N3O2S2/c1-22-13-6-4-12(5-7-13)19-10-18-17-20(11-19)16(21)15(24-17)9-14-3-2-8-23-14/h2-9H,10-11H2,1H3/b15-9-. The van der Waals surface area contributed by atoms with Gasteiger partial charge in [0, 0.05) is 10.6 Å². The van der Waals surface area contributed by atoms with Crippen LogP contribution < -0.4 is 24.5 Å². The zero-order valence-corrected chi connectivity index (χ0v) is 14.6. The summed E-state index contributed by atoms with van der Waals surface area (Å²) in [6, 6.07) is 11.8. The zero-order chi connectivity index (χ0) is 16.5. The maximum atomic E-state index is 12.7. The molecular weight excluding hydrogens is 342 g/mol. The summed E-state index contributed by atoms with van der Waals surface area (Å²) < 4.78 is 7.65. The van der Waals surface area contributed by atoms with E-state index in [2.05, 4.69) is 9.89 Å². The minimum atomic E-state index is 0.0189. The number of thiophene rings is 1. The van der Waals surface area contributed by atoms with E-state index in [1.165, 1.54) is 11.3 Å². The number of hydrogen-bond acceptors (Lipinski definition) is 6. The van der Waals surface area contributed by atoms with Gasteiger partial charge in [-0.1, -0.05) is 17.4 Å². The third kappa shape index (κ3) is 2.76. The van der Waals surface area contributed by atoms with Crippen molar-refractivity contribution in [1.29, 1.82) is 0 Å². The molecule has 0 unspecified atom stereocenters. The molecule has 0 fully saturated rings. The molecule has 0 N–H and O–H groups in total. The van der Waals surface area contributed by atoms with E-state index < -0.39 is 0 Å². The number of methoxy groups -OCH3 is 1. The first-order valence-electron chi connectivity index (χ1n) is 7.43. The number of aromatic nitrogens is 1. The number of thiazole rings is 1. The van der Waals surface area contributed by atoms with Crippen molar-refractivity contribution in [2.75, 3.05) is 18.7 Å². The SMILES string of the molecule is COc1ccc(N2CN=c3s/c(=C\c4cccs4)c(=O)n3C2)cc1. The summed E-state index contributed by atoms with van der Waals surface area (Å²) in [6.45, 7) is 1.06. The van der Waals surface area contributed by atoms with Gasteiger partial charge >= 0.3 is 0 Å². The molecule has 3 heterocycles. The van der Waals surface area contributed by atoms with E-state index in [1.54, 1.807) is 23.0 Å². The molecule has 3 aromatic rings. The highest BCUT2D eigenvalue weighted by atomic mass is 32.1. The van der Waals surface area contributed by atoms with Crippen LogP contribution in [-0.2, 0) is 6.67 Å². The molecule has 0 atom stereocenters. The van der Waals surface area contributed by atoms with Gasteiger partial charge in [0.2, 0.25) is 0 Å². The van der Waals surface area contributed by atoms with Crippen LogP contribution in [0.4, 0.5) is 5.69 Å². The number of anilines is 1. The highest BCUT2D eigenvalue weighted by Gasteiger charge is 2.16. The van der Waals surface area contributed by atoms with E-state index >= 15 is 0 Å². The minimum absolute atomic E-state index is 0.0189. The molecule has 0 saturated heterocycles. The molecule has 1 aliphatic heterocycles. The fourth-order valence-corrected chi connectivity index (χ4v) is 4.26. The topological polar surface area (TPSA) is 46.8 Å². The molecule has 1 aromatic carbocycles. The number of benzene rings is 1. The number of rotatable bonds is 3. The van der Waals surface area contributed by atoms with Crippen molar-refractivity contribution in [2.45, 2.75) is 6.67 Å². The van der Waals surface area contributed by atoms with Crippen molar-refractivity contribution in [2.24, 2.45) is 4.99 Å². The fraction of sp³-hybridized carbons (Fsp3) is 0.176. The Morgan fingerprint density at radius 1 is 1.25 bits per heavy atom. The summed E-state index contributed by atoms with van der Waals surface area (Å²) in [7, 11) is 1.65. The van der Waals surface area contributed by atoms with Gasteiger partial charge in [0.1, 0.15) is 19.1 Å². The Morgan fingerprint density at radius 3 is 2.79 bits per heavy atom. The van der Waals surface area contributed by atoms with Crippen LogP contribution in [0, 0.1) is 0 Å². The van der Waals surface area contributed by atoms with Gasteiger partial charge in [-0.15, -0.1) is 11.3 Å². The lowest BCUT2D eigenvalue weighted by atomic mass is 10.3. The van der Waals surface area contributed by atoms with Gasteiger partial charge in [-0.05, 0) is 41.8 Å². The second kappa shape index (κ2) is 6.26. The van der Waals surface area contributed by atoms with Gasteiger partial charge in [0.15, 0.2) is 4.80 Å². The summed E-state index contributed by atoms with van der Waals surface area (Å²) >= 11 is 3.08. The summed E-state index contributed by atoms with van der Waals surface area (Å²) in [4.78, 5) is 21.2. The van der Waals surface area contributed by atoms with Crippen molar-refractivity contribution < 1.29 is 4.74 Å². The van der Waals surface area contributed by atoms with E-state index in [0.717, 1.165) is 25.6 Å². The number of ether oxygens (including phenoxy) is 1. The Kier molecular flexibility index (Phi) is 3.95. The first kappa shape index (κ1) is 15.2. The van der Waals surface area contributed by atoms with Crippen LogP contribution >= 0.6 is 22.7 Å². The van der Waals surface area contributed by atoms with E-state index in [1.807, 2.05) is 47.9 Å². The average molecular weight is 357 g/mol. The molecule has 0 aliphatic carbocycles. The van der Waals surface area contributed by atoms with Gasteiger partial charge in [0.05, 0.1) is 11.6 Å². The number of nitrogens with zero attached hydrogens (tertiary/aromatic N) is 3. The van der Waals surface area contributed by atoms with E-state index in [9.17, 15) is 4.79 Å². The molecule has 0 radical (unpaired) electrons. The van der Waals surface area contributed by atoms with E-state index in [4.69, 9.17) is 4.74 Å². The normalized spacial score (nSPS) is 14.4. The number of hydrogen-bond donors (Lipinski definition) is 0. The lowest BCUT2D eigenvalue weighted by molar-refractivity contribution is 0.414. The highest BCUT2D eigenvalue weighted by Crippen LogP contribution is 2.20. The first-order chi connectivity index (χ1) is 11.7. The van der Waals surface area contributed by atoms with Crippen LogP contribution in [0.5, 0.6) is 5.75 Å². The molecule has 7 heteroatoms. The Morgan fingerprint density at radius 2 is 2.08 bits per heavy atom.